The van der Waals surface area contributed by atoms with Gasteiger partial charge in [0.25, 0.3) is 5.91 Å². The van der Waals surface area contributed by atoms with Crippen LogP contribution in [0.2, 0.25) is 0 Å². The molecule has 1 heterocycles. The molecule has 0 unspecified atom stereocenters. The van der Waals surface area contributed by atoms with Crippen LogP contribution in [0, 0.1) is 0 Å². The first-order valence-corrected chi connectivity index (χ1v) is 5.10. The molecular formula is C10H13N3O5. The molecule has 8 nitrogen and oxygen atoms in total. The van der Waals surface area contributed by atoms with Gasteiger partial charge in [-0.05, 0) is 0 Å². The molecule has 1 rings (SSSR count). The Labute approximate surface area is 103 Å². The van der Waals surface area contributed by atoms with E-state index in [1.807, 2.05) is 0 Å². The zero-order chi connectivity index (χ0) is 13.7. The largest absolute Gasteiger partial charge is 0.475 e. The second kappa shape index (κ2) is 5.80. The van der Waals surface area contributed by atoms with Crippen molar-refractivity contribution in [2.45, 2.75) is 6.42 Å². The van der Waals surface area contributed by atoms with Crippen molar-refractivity contribution < 1.29 is 24.0 Å². The van der Waals surface area contributed by atoms with Crippen LogP contribution in [0.25, 0.3) is 0 Å². The van der Waals surface area contributed by atoms with Gasteiger partial charge in [0.05, 0.1) is 0 Å². The van der Waals surface area contributed by atoms with E-state index < -0.39 is 17.6 Å². The molecule has 0 atom stereocenters. The molecule has 1 aromatic heterocycles. The number of nitrogens with zero attached hydrogens (tertiary/aromatic N) is 2. The van der Waals surface area contributed by atoms with Gasteiger partial charge in [-0.2, -0.15) is 0 Å². The number of carboxylic acid groups (broad SMARTS) is 1. The number of hydrogen-bond acceptors (Lipinski definition) is 5. The second-order valence-corrected chi connectivity index (χ2v) is 3.68. The quantitative estimate of drug-likeness (QED) is 0.738. The Morgan fingerprint density at radius 3 is 2.61 bits per heavy atom. The summed E-state index contributed by atoms with van der Waals surface area (Å²) < 4.78 is 4.43. The topological polar surface area (TPSA) is 113 Å². The highest BCUT2D eigenvalue weighted by molar-refractivity contribution is 5.95. The average molecular weight is 255 g/mol. The number of aromatic nitrogens is 1. The fraction of sp³-hybridized carbons (Fsp3) is 0.400. The van der Waals surface area contributed by atoms with Gasteiger partial charge in [-0.1, -0.05) is 5.16 Å². The molecule has 0 aromatic carbocycles. The molecule has 1 aromatic rings. The second-order valence-electron chi connectivity index (χ2n) is 3.68. The average Bonchev–Trinajstić information content (AvgIpc) is 2.77. The summed E-state index contributed by atoms with van der Waals surface area (Å²) in [6.07, 6.45) is 0.155. The Kier molecular flexibility index (Phi) is 4.41. The van der Waals surface area contributed by atoms with E-state index in [1.54, 1.807) is 14.1 Å². The molecule has 98 valence electrons. The van der Waals surface area contributed by atoms with Crippen molar-refractivity contribution in [3.05, 3.63) is 17.5 Å². The lowest BCUT2D eigenvalue weighted by Gasteiger charge is -2.09. The fourth-order valence-corrected chi connectivity index (χ4v) is 1.08. The third kappa shape index (κ3) is 3.58. The van der Waals surface area contributed by atoms with Crippen LogP contribution < -0.4 is 5.32 Å². The smallest absolute Gasteiger partial charge is 0.374 e. The van der Waals surface area contributed by atoms with Crippen molar-refractivity contribution >= 4 is 17.8 Å². The standard InChI is InChI=1S/C10H13N3O5/c1-13(2)8(14)3-4-11-9(15)6-5-7(10(16)17)18-12-6/h5H,3-4H2,1-2H3,(H,11,15)(H,16,17). The number of nitrogens with one attached hydrogen (secondary N) is 1. The highest BCUT2D eigenvalue weighted by atomic mass is 16.5. The lowest BCUT2D eigenvalue weighted by Crippen LogP contribution is -2.30. The maximum atomic E-state index is 11.5. The van der Waals surface area contributed by atoms with E-state index in [0.29, 0.717) is 0 Å². The third-order valence-electron chi connectivity index (χ3n) is 2.08. The number of carbonyl (C=O) groups is 3. The molecule has 0 bridgehead atoms. The summed E-state index contributed by atoms with van der Waals surface area (Å²) in [5.74, 6) is -2.42. The normalized spacial score (nSPS) is 9.89. The van der Waals surface area contributed by atoms with Gasteiger partial charge >= 0.3 is 5.97 Å². The Morgan fingerprint density at radius 2 is 2.11 bits per heavy atom. The molecule has 0 radical (unpaired) electrons. The molecule has 0 saturated carbocycles. The summed E-state index contributed by atoms with van der Waals surface area (Å²) in [5, 5.41) is 14.3. The molecule has 8 heteroatoms. The van der Waals surface area contributed by atoms with Crippen LogP contribution in [0.3, 0.4) is 0 Å². The van der Waals surface area contributed by atoms with Gasteiger partial charge in [0, 0.05) is 33.1 Å². The lowest BCUT2D eigenvalue weighted by atomic mass is 10.3. The van der Waals surface area contributed by atoms with Crippen molar-refractivity contribution in [3.8, 4) is 0 Å². The molecule has 0 fully saturated rings. The van der Waals surface area contributed by atoms with E-state index in [2.05, 4.69) is 15.0 Å². The molecule has 0 aliphatic heterocycles. The van der Waals surface area contributed by atoms with E-state index in [4.69, 9.17) is 5.11 Å². The number of hydrogen-bond donors (Lipinski definition) is 2. The SMILES string of the molecule is CN(C)C(=O)CCNC(=O)c1cc(C(=O)O)on1. The van der Waals surface area contributed by atoms with Gasteiger partial charge in [-0.15, -0.1) is 0 Å². The van der Waals surface area contributed by atoms with E-state index in [0.717, 1.165) is 6.07 Å². The molecule has 0 spiro atoms. The summed E-state index contributed by atoms with van der Waals surface area (Å²) in [7, 11) is 3.22. The van der Waals surface area contributed by atoms with Crippen molar-refractivity contribution in [2.24, 2.45) is 0 Å². The molecule has 0 saturated heterocycles. The maximum absolute atomic E-state index is 11.5. The van der Waals surface area contributed by atoms with Crippen LogP contribution in [-0.2, 0) is 4.79 Å². The first-order chi connectivity index (χ1) is 8.41. The fourth-order valence-electron chi connectivity index (χ4n) is 1.08. The van der Waals surface area contributed by atoms with Gasteiger partial charge in [0.2, 0.25) is 11.7 Å². The minimum absolute atomic E-state index is 0.123. The first kappa shape index (κ1) is 13.7. The van der Waals surface area contributed by atoms with Gasteiger partial charge in [-0.25, -0.2) is 4.79 Å². The molecule has 18 heavy (non-hydrogen) atoms. The van der Waals surface area contributed by atoms with Crippen LogP contribution in [0.5, 0.6) is 0 Å². The minimum atomic E-state index is -1.30. The van der Waals surface area contributed by atoms with Crippen molar-refractivity contribution in [1.29, 1.82) is 0 Å². The molecule has 2 amide bonds. The van der Waals surface area contributed by atoms with E-state index >= 15 is 0 Å². The summed E-state index contributed by atoms with van der Waals surface area (Å²) in [5.41, 5.74) is -0.135. The summed E-state index contributed by atoms with van der Waals surface area (Å²) in [6, 6.07) is 1.02. The van der Waals surface area contributed by atoms with E-state index in [1.165, 1.54) is 4.90 Å². The number of carboxylic acids is 1. The number of amides is 2. The van der Waals surface area contributed by atoms with Crippen LogP contribution in [0.1, 0.15) is 27.5 Å². The first-order valence-electron chi connectivity index (χ1n) is 5.10. The van der Waals surface area contributed by atoms with Crippen molar-refractivity contribution in [2.75, 3.05) is 20.6 Å². The molecule has 2 N–H and O–H groups in total. The van der Waals surface area contributed by atoms with Crippen LogP contribution in [-0.4, -0.2) is 53.6 Å². The Morgan fingerprint density at radius 1 is 1.44 bits per heavy atom. The molecular weight excluding hydrogens is 242 g/mol. The monoisotopic (exact) mass is 255 g/mol. The van der Waals surface area contributed by atoms with Crippen molar-refractivity contribution in [3.63, 3.8) is 0 Å². The zero-order valence-electron chi connectivity index (χ0n) is 9.97. The predicted octanol–water partition coefficient (Wildman–Crippen LogP) is -0.419. The Hall–Kier alpha value is -2.38. The Bertz CT molecular complexity index is 466. The third-order valence-corrected chi connectivity index (χ3v) is 2.08. The van der Waals surface area contributed by atoms with Crippen LogP contribution in [0.4, 0.5) is 0 Å². The van der Waals surface area contributed by atoms with Crippen LogP contribution >= 0.6 is 0 Å². The summed E-state index contributed by atoms with van der Waals surface area (Å²) in [6.45, 7) is 0.144. The minimum Gasteiger partial charge on any atom is -0.475 e. The molecule has 0 aliphatic rings. The van der Waals surface area contributed by atoms with E-state index in [9.17, 15) is 14.4 Å². The highest BCUT2D eigenvalue weighted by Gasteiger charge is 2.16. The van der Waals surface area contributed by atoms with Gasteiger partial charge < -0.3 is 19.8 Å². The predicted molar refractivity (Wildman–Crippen MR) is 59.1 cm³/mol. The zero-order valence-corrected chi connectivity index (χ0v) is 9.97. The van der Waals surface area contributed by atoms with E-state index in [-0.39, 0.29) is 24.6 Å². The number of aromatic carboxylic acids is 1. The number of rotatable bonds is 5. The lowest BCUT2D eigenvalue weighted by molar-refractivity contribution is -0.128. The summed E-state index contributed by atoms with van der Waals surface area (Å²) in [4.78, 5) is 34.6. The number of carbonyl (C=O) groups excluding carboxylic acids is 2. The maximum Gasteiger partial charge on any atom is 0.374 e. The van der Waals surface area contributed by atoms with Crippen molar-refractivity contribution in [1.82, 2.24) is 15.4 Å². The highest BCUT2D eigenvalue weighted by Crippen LogP contribution is 2.03. The summed E-state index contributed by atoms with van der Waals surface area (Å²) >= 11 is 0. The Balaban J connectivity index is 2.45. The van der Waals surface area contributed by atoms with Gasteiger partial charge in [0.15, 0.2) is 5.69 Å². The van der Waals surface area contributed by atoms with Gasteiger partial charge in [-0.3, -0.25) is 9.59 Å². The molecule has 0 aliphatic carbocycles. The van der Waals surface area contributed by atoms with Crippen LogP contribution in [0.15, 0.2) is 10.6 Å². The van der Waals surface area contributed by atoms with Gasteiger partial charge in [0.1, 0.15) is 0 Å².